The van der Waals surface area contributed by atoms with E-state index in [0.29, 0.717) is 17.3 Å². The van der Waals surface area contributed by atoms with Crippen LogP contribution in [0.15, 0.2) is 41.4 Å². The highest BCUT2D eigenvalue weighted by Gasteiger charge is 2.16. The van der Waals surface area contributed by atoms with Crippen molar-refractivity contribution in [2.75, 3.05) is 23.7 Å². The Kier molecular flexibility index (Phi) is 6.28. The normalized spacial score (nSPS) is 11.1. The summed E-state index contributed by atoms with van der Waals surface area (Å²) in [5.74, 6) is 1.12. The van der Waals surface area contributed by atoms with Gasteiger partial charge in [0.15, 0.2) is 0 Å². The fraction of sp³-hybridized carbons (Fsp3) is 0.312. The molecule has 1 aromatic carbocycles. The molecule has 1 heterocycles. The lowest BCUT2D eigenvalue weighted by Gasteiger charge is -2.10. The van der Waals surface area contributed by atoms with E-state index in [2.05, 4.69) is 21.9 Å². The van der Waals surface area contributed by atoms with Gasteiger partial charge >= 0.3 is 0 Å². The molecule has 2 aromatic rings. The molecule has 0 aliphatic carbocycles. The van der Waals surface area contributed by atoms with Gasteiger partial charge < -0.3 is 10.1 Å². The van der Waals surface area contributed by atoms with E-state index in [4.69, 9.17) is 16.3 Å². The van der Waals surface area contributed by atoms with Crippen LogP contribution in [0.4, 0.5) is 11.5 Å². The van der Waals surface area contributed by atoms with Crippen molar-refractivity contribution in [1.29, 1.82) is 0 Å². The van der Waals surface area contributed by atoms with Gasteiger partial charge in [0.05, 0.1) is 28.9 Å². The number of methoxy groups -OCH3 is 1. The molecule has 0 bridgehead atoms. The molecule has 2 rings (SSSR count). The maximum atomic E-state index is 12.4. The zero-order valence-electron chi connectivity index (χ0n) is 13.5. The van der Waals surface area contributed by atoms with Crippen LogP contribution >= 0.6 is 11.6 Å². The smallest absolute Gasteiger partial charge is 0.261 e. The first-order valence-electron chi connectivity index (χ1n) is 7.52. The monoisotopic (exact) mass is 369 g/mol. The molecule has 0 fully saturated rings. The van der Waals surface area contributed by atoms with Crippen LogP contribution in [0.25, 0.3) is 0 Å². The molecule has 0 aliphatic rings. The molecule has 0 spiro atoms. The molecule has 0 saturated carbocycles. The van der Waals surface area contributed by atoms with Crippen molar-refractivity contribution in [2.45, 2.75) is 24.7 Å². The van der Waals surface area contributed by atoms with Gasteiger partial charge in [0.25, 0.3) is 10.0 Å². The minimum atomic E-state index is -3.74. The average Bonchev–Trinajstić information content (AvgIpc) is 2.56. The van der Waals surface area contributed by atoms with E-state index in [9.17, 15) is 8.42 Å². The maximum Gasteiger partial charge on any atom is 0.261 e. The summed E-state index contributed by atoms with van der Waals surface area (Å²) in [6, 6.07) is 7.67. The van der Waals surface area contributed by atoms with Gasteiger partial charge in [-0.2, -0.15) is 0 Å². The second kappa shape index (κ2) is 8.21. The first-order chi connectivity index (χ1) is 11.5. The van der Waals surface area contributed by atoms with Crippen LogP contribution in [0.5, 0.6) is 5.75 Å². The fourth-order valence-electron chi connectivity index (χ4n) is 1.98. The van der Waals surface area contributed by atoms with Gasteiger partial charge in [0.1, 0.15) is 11.6 Å². The van der Waals surface area contributed by atoms with E-state index in [-0.39, 0.29) is 9.92 Å². The van der Waals surface area contributed by atoms with Crippen LogP contribution in [-0.4, -0.2) is 27.1 Å². The number of unbranched alkanes of at least 4 members (excludes halogenated alkanes) is 1. The van der Waals surface area contributed by atoms with Crippen LogP contribution in [0.1, 0.15) is 19.8 Å². The van der Waals surface area contributed by atoms with Crippen molar-refractivity contribution >= 4 is 33.1 Å². The number of rotatable bonds is 8. The Balaban J connectivity index is 2.10. The number of anilines is 2. The number of nitrogens with zero attached hydrogens (tertiary/aromatic N) is 1. The number of nitrogens with one attached hydrogen (secondary N) is 2. The number of pyridine rings is 1. The number of sulfonamides is 1. The molecule has 2 N–H and O–H groups in total. The molecule has 0 amide bonds. The van der Waals surface area contributed by atoms with E-state index >= 15 is 0 Å². The van der Waals surface area contributed by atoms with E-state index in [0.717, 1.165) is 19.4 Å². The van der Waals surface area contributed by atoms with Crippen molar-refractivity contribution in [3.63, 3.8) is 0 Å². The molecule has 130 valence electrons. The van der Waals surface area contributed by atoms with Crippen molar-refractivity contribution < 1.29 is 13.2 Å². The number of aromatic nitrogens is 1. The summed E-state index contributed by atoms with van der Waals surface area (Å²) in [5, 5.41) is 3.40. The second-order valence-corrected chi connectivity index (χ2v) is 7.20. The number of benzene rings is 1. The topological polar surface area (TPSA) is 80.3 Å². The van der Waals surface area contributed by atoms with Gasteiger partial charge in [-0.1, -0.05) is 24.9 Å². The third-order valence-corrected chi connectivity index (χ3v) is 4.96. The number of hydrogen-bond acceptors (Lipinski definition) is 5. The van der Waals surface area contributed by atoms with Gasteiger partial charge in [-0.15, -0.1) is 0 Å². The molecular formula is C16H20ClN3O3S. The Morgan fingerprint density at radius 2 is 2.04 bits per heavy atom. The summed E-state index contributed by atoms with van der Waals surface area (Å²) in [4.78, 5) is 4.24. The SMILES string of the molecule is CCCCNc1ccc(NS(=O)(=O)c2ccc(OC)c(Cl)c2)cn1. The van der Waals surface area contributed by atoms with E-state index < -0.39 is 10.0 Å². The molecule has 0 atom stereocenters. The van der Waals surface area contributed by atoms with E-state index in [1.54, 1.807) is 12.1 Å². The van der Waals surface area contributed by atoms with Gasteiger partial charge in [-0.05, 0) is 36.8 Å². The largest absolute Gasteiger partial charge is 0.495 e. The zero-order valence-corrected chi connectivity index (χ0v) is 15.1. The molecule has 8 heteroatoms. The summed E-state index contributed by atoms with van der Waals surface area (Å²) in [7, 11) is -2.28. The van der Waals surface area contributed by atoms with Crippen LogP contribution in [0.2, 0.25) is 5.02 Å². The molecule has 24 heavy (non-hydrogen) atoms. The lowest BCUT2D eigenvalue weighted by Crippen LogP contribution is -2.13. The maximum absolute atomic E-state index is 12.4. The molecule has 6 nitrogen and oxygen atoms in total. The Bertz CT molecular complexity index is 780. The number of halogens is 1. The van der Waals surface area contributed by atoms with Crippen LogP contribution in [0, 0.1) is 0 Å². The minimum absolute atomic E-state index is 0.0541. The zero-order chi connectivity index (χ0) is 17.6. The lowest BCUT2D eigenvalue weighted by molar-refractivity contribution is 0.414. The highest BCUT2D eigenvalue weighted by atomic mass is 35.5. The van der Waals surface area contributed by atoms with Gasteiger partial charge in [-0.25, -0.2) is 13.4 Å². The quantitative estimate of drug-likeness (QED) is 0.692. The standard InChI is InChI=1S/C16H20ClN3O3S/c1-3-4-9-18-16-8-5-12(11-19-16)20-24(21,22)13-6-7-15(23-2)14(17)10-13/h5-8,10-11,20H,3-4,9H2,1-2H3,(H,18,19). The van der Waals surface area contributed by atoms with Crippen LogP contribution in [-0.2, 0) is 10.0 Å². The summed E-state index contributed by atoms with van der Waals surface area (Å²) in [6.07, 6.45) is 3.61. The summed E-state index contributed by atoms with van der Waals surface area (Å²) in [5.41, 5.74) is 0.378. The Labute approximate surface area is 147 Å². The van der Waals surface area contributed by atoms with E-state index in [1.807, 2.05) is 0 Å². The van der Waals surface area contributed by atoms with Crippen LogP contribution < -0.4 is 14.8 Å². The lowest BCUT2D eigenvalue weighted by atomic mass is 10.3. The Morgan fingerprint density at radius 3 is 2.62 bits per heavy atom. The van der Waals surface area contributed by atoms with Gasteiger partial charge in [0.2, 0.25) is 0 Å². The van der Waals surface area contributed by atoms with Crippen molar-refractivity contribution in [3.05, 3.63) is 41.6 Å². The minimum Gasteiger partial charge on any atom is -0.495 e. The Hall–Kier alpha value is -1.99. The summed E-state index contributed by atoms with van der Waals surface area (Å²) >= 11 is 5.98. The summed E-state index contributed by atoms with van der Waals surface area (Å²) in [6.45, 7) is 2.94. The second-order valence-electron chi connectivity index (χ2n) is 5.11. The third kappa shape index (κ3) is 4.75. The predicted octanol–water partition coefficient (Wildman–Crippen LogP) is 3.76. The first-order valence-corrected chi connectivity index (χ1v) is 9.38. The van der Waals surface area contributed by atoms with Gasteiger partial charge in [0, 0.05) is 6.54 Å². The highest BCUT2D eigenvalue weighted by Crippen LogP contribution is 2.27. The molecule has 0 radical (unpaired) electrons. The summed E-state index contributed by atoms with van der Waals surface area (Å²) < 4.78 is 32.3. The Morgan fingerprint density at radius 1 is 1.25 bits per heavy atom. The van der Waals surface area contributed by atoms with Gasteiger partial charge in [-0.3, -0.25) is 4.72 Å². The molecule has 0 saturated heterocycles. The molecular weight excluding hydrogens is 350 g/mol. The van der Waals surface area contributed by atoms with E-state index in [1.165, 1.54) is 31.5 Å². The van der Waals surface area contributed by atoms with Crippen molar-refractivity contribution in [3.8, 4) is 5.75 Å². The number of ether oxygens (including phenoxy) is 1. The van der Waals surface area contributed by atoms with Crippen molar-refractivity contribution in [1.82, 2.24) is 4.98 Å². The molecule has 0 unspecified atom stereocenters. The molecule has 0 aliphatic heterocycles. The highest BCUT2D eigenvalue weighted by molar-refractivity contribution is 7.92. The van der Waals surface area contributed by atoms with Crippen molar-refractivity contribution in [2.24, 2.45) is 0 Å². The average molecular weight is 370 g/mol. The molecule has 1 aromatic heterocycles. The van der Waals surface area contributed by atoms with Crippen LogP contribution in [0.3, 0.4) is 0 Å². The third-order valence-electron chi connectivity index (χ3n) is 3.29. The fourth-order valence-corrected chi connectivity index (χ4v) is 3.37. The number of hydrogen-bond donors (Lipinski definition) is 2. The predicted molar refractivity (Wildman–Crippen MR) is 96.4 cm³/mol. The first kappa shape index (κ1) is 18.4.